The fourth-order valence-corrected chi connectivity index (χ4v) is 2.44. The van der Waals surface area contributed by atoms with E-state index in [9.17, 15) is 0 Å². The van der Waals surface area contributed by atoms with E-state index in [1.165, 1.54) is 0 Å². The number of nitrogens with one attached hydrogen (secondary N) is 1. The van der Waals surface area contributed by atoms with Crippen LogP contribution in [0, 0.1) is 0 Å². The second-order valence-corrected chi connectivity index (χ2v) is 4.48. The van der Waals surface area contributed by atoms with Crippen molar-refractivity contribution in [2.45, 2.75) is 0 Å². The van der Waals surface area contributed by atoms with E-state index in [-0.39, 0.29) is 0 Å². The fraction of sp³-hybridized carbons (Fsp3) is 0. The molecule has 2 aromatic carbocycles. The molecule has 3 nitrogen and oxygen atoms in total. The standard InChI is InChI=1S/C13H8ClN3/c14-8-5-6-10-12(7-8)17-11-4-2-1-3-9(11)15-13(17)16-10/h1-7H,(H,15,16). The number of nitrogens with zero attached hydrogens (tertiary/aromatic N) is 2. The highest BCUT2D eigenvalue weighted by molar-refractivity contribution is 6.31. The first-order valence-corrected chi connectivity index (χ1v) is 5.75. The number of benzene rings is 2. The van der Waals surface area contributed by atoms with Gasteiger partial charge < -0.3 is 4.98 Å². The third-order valence-corrected chi connectivity index (χ3v) is 3.24. The first-order valence-electron chi connectivity index (χ1n) is 5.37. The predicted molar refractivity (Wildman–Crippen MR) is 69.6 cm³/mol. The fourth-order valence-electron chi connectivity index (χ4n) is 2.27. The van der Waals surface area contributed by atoms with E-state index in [0.29, 0.717) is 0 Å². The van der Waals surface area contributed by atoms with Crippen molar-refractivity contribution in [3.05, 3.63) is 47.5 Å². The SMILES string of the molecule is Clc1ccc2nc3[nH]c4ccccc4n3c2c1. The first-order chi connectivity index (χ1) is 8.33. The van der Waals surface area contributed by atoms with Gasteiger partial charge in [-0.25, -0.2) is 4.98 Å². The van der Waals surface area contributed by atoms with Crippen molar-refractivity contribution in [1.29, 1.82) is 0 Å². The van der Waals surface area contributed by atoms with Crippen LogP contribution in [0.25, 0.3) is 27.8 Å². The number of halogens is 1. The van der Waals surface area contributed by atoms with Crippen LogP contribution in [-0.2, 0) is 0 Å². The van der Waals surface area contributed by atoms with E-state index in [0.717, 1.165) is 32.9 Å². The molecular weight excluding hydrogens is 234 g/mol. The van der Waals surface area contributed by atoms with Crippen LogP contribution in [0.5, 0.6) is 0 Å². The normalized spacial score (nSPS) is 11.8. The Balaban J connectivity index is 2.33. The highest BCUT2D eigenvalue weighted by Crippen LogP contribution is 2.24. The van der Waals surface area contributed by atoms with Gasteiger partial charge in [-0.15, -0.1) is 0 Å². The van der Waals surface area contributed by atoms with Crippen LogP contribution in [0.15, 0.2) is 42.5 Å². The Labute approximate surface area is 102 Å². The van der Waals surface area contributed by atoms with Crippen LogP contribution < -0.4 is 0 Å². The topological polar surface area (TPSA) is 33.1 Å². The monoisotopic (exact) mass is 241 g/mol. The number of hydrogen-bond donors (Lipinski definition) is 1. The van der Waals surface area contributed by atoms with E-state index in [1.54, 1.807) is 0 Å². The largest absolute Gasteiger partial charge is 0.323 e. The van der Waals surface area contributed by atoms with Crippen molar-refractivity contribution in [2.24, 2.45) is 0 Å². The molecule has 0 aliphatic rings. The Hall–Kier alpha value is -2.00. The van der Waals surface area contributed by atoms with Crippen molar-refractivity contribution in [2.75, 3.05) is 0 Å². The smallest absolute Gasteiger partial charge is 0.213 e. The summed E-state index contributed by atoms with van der Waals surface area (Å²) in [5.74, 6) is 0.850. The van der Waals surface area contributed by atoms with Crippen LogP contribution in [0.3, 0.4) is 0 Å². The molecule has 4 aromatic rings. The van der Waals surface area contributed by atoms with Crippen LogP contribution in [-0.4, -0.2) is 14.4 Å². The van der Waals surface area contributed by atoms with Crippen molar-refractivity contribution >= 4 is 39.4 Å². The second-order valence-electron chi connectivity index (χ2n) is 4.05. The molecule has 4 heteroatoms. The van der Waals surface area contributed by atoms with E-state index >= 15 is 0 Å². The lowest BCUT2D eigenvalue weighted by molar-refractivity contribution is 1.28. The average Bonchev–Trinajstić information content (AvgIpc) is 2.84. The summed E-state index contributed by atoms with van der Waals surface area (Å²) in [7, 11) is 0. The lowest BCUT2D eigenvalue weighted by Gasteiger charge is -1.94. The number of imidazole rings is 2. The zero-order valence-corrected chi connectivity index (χ0v) is 9.57. The summed E-state index contributed by atoms with van der Waals surface area (Å²) in [6.07, 6.45) is 0. The summed E-state index contributed by atoms with van der Waals surface area (Å²) in [5.41, 5.74) is 4.18. The summed E-state index contributed by atoms with van der Waals surface area (Å²) in [4.78, 5) is 7.84. The number of para-hydroxylation sites is 2. The molecule has 0 amide bonds. The minimum atomic E-state index is 0.726. The van der Waals surface area contributed by atoms with Gasteiger partial charge in [0, 0.05) is 5.02 Å². The molecule has 0 aliphatic heterocycles. The van der Waals surface area contributed by atoms with Gasteiger partial charge in [-0.2, -0.15) is 0 Å². The van der Waals surface area contributed by atoms with Gasteiger partial charge in [0.1, 0.15) is 0 Å². The van der Waals surface area contributed by atoms with Gasteiger partial charge in [0.05, 0.1) is 22.1 Å². The van der Waals surface area contributed by atoms with E-state index in [1.807, 2.05) is 36.4 Å². The summed E-state index contributed by atoms with van der Waals surface area (Å²) in [5, 5.41) is 0.726. The zero-order chi connectivity index (χ0) is 11.4. The molecule has 0 saturated carbocycles. The van der Waals surface area contributed by atoms with Crippen molar-refractivity contribution in [1.82, 2.24) is 14.4 Å². The van der Waals surface area contributed by atoms with Crippen molar-refractivity contribution in [3.63, 3.8) is 0 Å². The molecule has 0 unspecified atom stereocenters. The Morgan fingerprint density at radius 2 is 1.94 bits per heavy atom. The van der Waals surface area contributed by atoms with E-state index < -0.39 is 0 Å². The summed E-state index contributed by atoms with van der Waals surface area (Å²) >= 11 is 6.04. The Morgan fingerprint density at radius 3 is 2.88 bits per heavy atom. The van der Waals surface area contributed by atoms with Gasteiger partial charge in [-0.05, 0) is 30.3 Å². The van der Waals surface area contributed by atoms with Crippen molar-refractivity contribution in [3.8, 4) is 0 Å². The molecule has 0 spiro atoms. The Kier molecular flexibility index (Phi) is 1.61. The lowest BCUT2D eigenvalue weighted by Crippen LogP contribution is -1.79. The second kappa shape index (κ2) is 3.02. The molecule has 2 heterocycles. The van der Waals surface area contributed by atoms with Gasteiger partial charge in [-0.1, -0.05) is 23.7 Å². The number of fused-ring (bicyclic) bond motifs is 5. The molecule has 82 valence electrons. The van der Waals surface area contributed by atoms with Crippen LogP contribution >= 0.6 is 11.6 Å². The summed E-state index contributed by atoms with van der Waals surface area (Å²) < 4.78 is 2.09. The summed E-state index contributed by atoms with van der Waals surface area (Å²) in [6.45, 7) is 0. The van der Waals surface area contributed by atoms with E-state index in [2.05, 4.69) is 20.4 Å². The molecule has 1 N–H and O–H groups in total. The summed E-state index contributed by atoms with van der Waals surface area (Å²) in [6, 6.07) is 13.9. The maximum atomic E-state index is 6.04. The van der Waals surface area contributed by atoms with Gasteiger partial charge in [0.25, 0.3) is 0 Å². The Bertz CT molecular complexity index is 857. The highest BCUT2D eigenvalue weighted by atomic mass is 35.5. The molecule has 0 saturated heterocycles. The molecule has 0 radical (unpaired) electrons. The number of aromatic nitrogens is 3. The molecule has 0 atom stereocenters. The lowest BCUT2D eigenvalue weighted by atomic mass is 10.3. The quantitative estimate of drug-likeness (QED) is 0.501. The third-order valence-electron chi connectivity index (χ3n) is 3.01. The van der Waals surface area contributed by atoms with Gasteiger partial charge >= 0.3 is 0 Å². The number of hydrogen-bond acceptors (Lipinski definition) is 1. The van der Waals surface area contributed by atoms with Gasteiger partial charge in [-0.3, -0.25) is 4.40 Å². The minimum absolute atomic E-state index is 0.726. The zero-order valence-electron chi connectivity index (χ0n) is 8.81. The molecule has 0 aliphatic carbocycles. The minimum Gasteiger partial charge on any atom is -0.323 e. The molecule has 2 aromatic heterocycles. The molecule has 17 heavy (non-hydrogen) atoms. The van der Waals surface area contributed by atoms with Crippen molar-refractivity contribution < 1.29 is 0 Å². The Morgan fingerprint density at radius 1 is 1.06 bits per heavy atom. The average molecular weight is 242 g/mol. The molecule has 0 fully saturated rings. The number of aromatic amines is 1. The molecule has 0 bridgehead atoms. The maximum absolute atomic E-state index is 6.04. The molecular formula is C13H8ClN3. The van der Waals surface area contributed by atoms with Crippen LogP contribution in [0.4, 0.5) is 0 Å². The predicted octanol–water partition coefficient (Wildman–Crippen LogP) is 3.62. The molecule has 4 rings (SSSR count). The number of rotatable bonds is 0. The van der Waals surface area contributed by atoms with Crippen LogP contribution in [0.1, 0.15) is 0 Å². The van der Waals surface area contributed by atoms with Crippen LogP contribution in [0.2, 0.25) is 5.02 Å². The maximum Gasteiger partial charge on any atom is 0.213 e. The van der Waals surface area contributed by atoms with Gasteiger partial charge in [0.15, 0.2) is 0 Å². The first kappa shape index (κ1) is 9.07. The highest BCUT2D eigenvalue weighted by Gasteiger charge is 2.09. The third kappa shape index (κ3) is 1.14. The van der Waals surface area contributed by atoms with E-state index in [4.69, 9.17) is 11.6 Å². The number of H-pyrrole nitrogens is 1. The van der Waals surface area contributed by atoms with Gasteiger partial charge in [0.2, 0.25) is 5.78 Å².